The van der Waals surface area contributed by atoms with Crippen molar-refractivity contribution in [1.29, 1.82) is 0 Å². The molecule has 0 fully saturated rings. The van der Waals surface area contributed by atoms with E-state index in [4.69, 9.17) is 5.11 Å². The van der Waals surface area contributed by atoms with Gasteiger partial charge in [-0.05, 0) is 12.1 Å². The lowest BCUT2D eigenvalue weighted by molar-refractivity contribution is 0.192. The molecule has 0 atom stereocenters. The smallest absolute Gasteiger partial charge is 0.433 e. The van der Waals surface area contributed by atoms with E-state index in [1.165, 1.54) is 12.3 Å². The average molecular weight is 179 g/mol. The largest absolute Gasteiger partial charge is 0.463 e. The summed E-state index contributed by atoms with van der Waals surface area (Å²) < 4.78 is 0.498. The molecule has 0 aliphatic heterocycles. The van der Waals surface area contributed by atoms with Crippen molar-refractivity contribution in [3.05, 3.63) is 28.7 Å². The van der Waals surface area contributed by atoms with Gasteiger partial charge in [0.2, 0.25) is 0 Å². The Labute approximate surface area is 71.4 Å². The van der Waals surface area contributed by atoms with E-state index in [-0.39, 0.29) is 11.0 Å². The molecule has 2 N–H and O–H groups in total. The molecule has 0 saturated heterocycles. The molecule has 0 aliphatic carbocycles. The van der Waals surface area contributed by atoms with Crippen LogP contribution < -0.4 is 5.56 Å². The van der Waals surface area contributed by atoms with Crippen LogP contribution in [0.4, 0.5) is 4.79 Å². The lowest BCUT2D eigenvalue weighted by atomic mass is 10.4. The molecule has 2 aromatic heterocycles. The van der Waals surface area contributed by atoms with Gasteiger partial charge < -0.3 is 5.11 Å². The number of pyridine rings is 1. The molecule has 0 amide bonds. The summed E-state index contributed by atoms with van der Waals surface area (Å²) in [6, 6.07) is 3.09. The quantitative estimate of drug-likeness (QED) is 0.606. The average Bonchev–Trinajstić information content (AvgIpc) is 2.45. The maximum atomic E-state index is 11.3. The van der Waals surface area contributed by atoms with Crippen LogP contribution in [-0.2, 0) is 0 Å². The number of fused-ring (bicyclic) bond motifs is 1. The predicted octanol–water partition coefficient (Wildman–Crippen LogP) is 0.251. The van der Waals surface area contributed by atoms with Crippen LogP contribution in [-0.4, -0.2) is 26.0 Å². The summed E-state index contributed by atoms with van der Waals surface area (Å²) in [4.78, 5) is 25.6. The monoisotopic (exact) mass is 179 g/mol. The standard InChI is InChI=1S/C7H5N3O3/c11-6-4-2-1-3-8-5(4)9-10(6)7(12)13/h1-3H,(H,8,9)(H,12,13). The Balaban J connectivity index is 2.90. The summed E-state index contributed by atoms with van der Waals surface area (Å²) in [5.41, 5.74) is -0.328. The van der Waals surface area contributed by atoms with E-state index in [9.17, 15) is 9.59 Å². The summed E-state index contributed by atoms with van der Waals surface area (Å²) in [7, 11) is 0. The molecule has 2 heterocycles. The van der Waals surface area contributed by atoms with E-state index in [1.54, 1.807) is 6.07 Å². The molecule has 66 valence electrons. The molecule has 2 aromatic rings. The first-order valence-electron chi connectivity index (χ1n) is 3.49. The maximum absolute atomic E-state index is 11.3. The number of aromatic nitrogens is 3. The van der Waals surface area contributed by atoms with Crippen molar-refractivity contribution in [2.24, 2.45) is 0 Å². The zero-order valence-electron chi connectivity index (χ0n) is 6.39. The molecule has 13 heavy (non-hydrogen) atoms. The van der Waals surface area contributed by atoms with E-state index in [0.29, 0.717) is 4.68 Å². The second-order valence-electron chi connectivity index (χ2n) is 2.43. The fraction of sp³-hybridized carbons (Fsp3) is 0. The number of carbonyl (C=O) groups is 1. The minimum absolute atomic E-state index is 0.268. The lowest BCUT2D eigenvalue weighted by Gasteiger charge is -1.87. The van der Waals surface area contributed by atoms with Gasteiger partial charge in [0.25, 0.3) is 5.56 Å². The number of aromatic amines is 1. The van der Waals surface area contributed by atoms with Gasteiger partial charge in [0.15, 0.2) is 5.65 Å². The Hall–Kier alpha value is -2.11. The summed E-state index contributed by atoms with van der Waals surface area (Å²) in [6.45, 7) is 0. The number of hydrogen-bond acceptors (Lipinski definition) is 3. The molecule has 0 radical (unpaired) electrons. The predicted molar refractivity (Wildman–Crippen MR) is 43.8 cm³/mol. The van der Waals surface area contributed by atoms with Crippen molar-refractivity contribution in [3.8, 4) is 0 Å². The fourth-order valence-electron chi connectivity index (χ4n) is 1.08. The van der Waals surface area contributed by atoms with Crippen LogP contribution in [0.5, 0.6) is 0 Å². The highest BCUT2D eigenvalue weighted by molar-refractivity contribution is 5.78. The van der Waals surface area contributed by atoms with Gasteiger partial charge in [0, 0.05) is 6.20 Å². The number of nitrogens with zero attached hydrogens (tertiary/aromatic N) is 2. The van der Waals surface area contributed by atoms with Crippen LogP contribution in [0.15, 0.2) is 23.1 Å². The topological polar surface area (TPSA) is 88.0 Å². The van der Waals surface area contributed by atoms with Crippen LogP contribution in [0.2, 0.25) is 0 Å². The molecule has 6 heteroatoms. The zero-order chi connectivity index (χ0) is 9.42. The third kappa shape index (κ3) is 0.994. The number of H-pyrrole nitrogens is 1. The van der Waals surface area contributed by atoms with Crippen molar-refractivity contribution >= 4 is 17.1 Å². The van der Waals surface area contributed by atoms with Crippen molar-refractivity contribution < 1.29 is 9.90 Å². The SMILES string of the molecule is O=C(O)n1[nH]c2ncccc2c1=O. The summed E-state index contributed by atoms with van der Waals surface area (Å²) in [5.74, 6) is 0. The Morgan fingerprint density at radius 1 is 1.62 bits per heavy atom. The summed E-state index contributed by atoms with van der Waals surface area (Å²) in [6.07, 6.45) is 0.132. The number of hydrogen-bond donors (Lipinski definition) is 2. The van der Waals surface area contributed by atoms with Crippen LogP contribution in [0, 0.1) is 0 Å². The van der Waals surface area contributed by atoms with E-state index in [2.05, 4.69) is 10.1 Å². The second kappa shape index (κ2) is 2.44. The first-order valence-corrected chi connectivity index (χ1v) is 3.49. The van der Waals surface area contributed by atoms with Gasteiger partial charge in [-0.15, -0.1) is 4.68 Å². The molecule has 0 spiro atoms. The number of nitrogens with one attached hydrogen (secondary N) is 1. The molecule has 6 nitrogen and oxygen atoms in total. The van der Waals surface area contributed by atoms with Crippen LogP contribution in [0.1, 0.15) is 0 Å². The highest BCUT2D eigenvalue weighted by Gasteiger charge is 2.10. The zero-order valence-corrected chi connectivity index (χ0v) is 6.39. The Bertz CT molecular complexity index is 525. The van der Waals surface area contributed by atoms with Crippen LogP contribution in [0.3, 0.4) is 0 Å². The third-order valence-electron chi connectivity index (χ3n) is 1.65. The van der Waals surface area contributed by atoms with Crippen LogP contribution >= 0.6 is 0 Å². The maximum Gasteiger partial charge on any atom is 0.433 e. The van der Waals surface area contributed by atoms with Crippen molar-refractivity contribution in [2.45, 2.75) is 0 Å². The van der Waals surface area contributed by atoms with Gasteiger partial charge in [-0.1, -0.05) is 0 Å². The minimum Gasteiger partial charge on any atom is -0.463 e. The van der Waals surface area contributed by atoms with E-state index in [0.717, 1.165) is 0 Å². The van der Waals surface area contributed by atoms with E-state index in [1.807, 2.05) is 0 Å². The normalized spacial score (nSPS) is 10.5. The molecule has 0 saturated carbocycles. The highest BCUT2D eigenvalue weighted by atomic mass is 16.4. The summed E-state index contributed by atoms with van der Waals surface area (Å²) in [5, 5.41) is 11.2. The van der Waals surface area contributed by atoms with Crippen molar-refractivity contribution in [2.75, 3.05) is 0 Å². The molecule has 0 aliphatic rings. The molecular weight excluding hydrogens is 174 g/mol. The molecule has 0 aromatic carbocycles. The van der Waals surface area contributed by atoms with Crippen LogP contribution in [0.25, 0.3) is 11.0 Å². The van der Waals surface area contributed by atoms with E-state index >= 15 is 0 Å². The fourth-order valence-corrected chi connectivity index (χ4v) is 1.08. The Morgan fingerprint density at radius 3 is 3.00 bits per heavy atom. The molecule has 0 unspecified atom stereocenters. The van der Waals surface area contributed by atoms with E-state index < -0.39 is 11.7 Å². The number of rotatable bonds is 0. The summed E-state index contributed by atoms with van der Waals surface area (Å²) >= 11 is 0. The first kappa shape index (κ1) is 7.53. The van der Waals surface area contributed by atoms with Crippen molar-refractivity contribution in [3.63, 3.8) is 0 Å². The Morgan fingerprint density at radius 2 is 2.38 bits per heavy atom. The van der Waals surface area contributed by atoms with Gasteiger partial charge in [0.05, 0.1) is 5.39 Å². The van der Waals surface area contributed by atoms with Gasteiger partial charge in [-0.3, -0.25) is 9.89 Å². The molecule has 2 rings (SSSR count). The third-order valence-corrected chi connectivity index (χ3v) is 1.65. The molecule has 0 bridgehead atoms. The Kier molecular flexibility index (Phi) is 1.42. The lowest BCUT2D eigenvalue weighted by Crippen LogP contribution is -2.22. The van der Waals surface area contributed by atoms with Crippen molar-refractivity contribution in [1.82, 2.24) is 14.8 Å². The van der Waals surface area contributed by atoms with Gasteiger partial charge in [-0.2, -0.15) is 0 Å². The number of carboxylic acid groups (broad SMARTS) is 1. The molecular formula is C7H5N3O3. The minimum atomic E-state index is -1.34. The van der Waals surface area contributed by atoms with Gasteiger partial charge >= 0.3 is 6.09 Å². The first-order chi connectivity index (χ1) is 6.20. The van der Waals surface area contributed by atoms with Gasteiger partial charge in [0.1, 0.15) is 0 Å². The highest BCUT2D eigenvalue weighted by Crippen LogP contribution is 2.01. The van der Waals surface area contributed by atoms with Gasteiger partial charge in [-0.25, -0.2) is 9.78 Å². The second-order valence-corrected chi connectivity index (χ2v) is 2.43.